The van der Waals surface area contributed by atoms with Crippen LogP contribution in [-0.4, -0.2) is 10.7 Å². The lowest BCUT2D eigenvalue weighted by atomic mass is 10.1. The zero-order chi connectivity index (χ0) is 12.9. The van der Waals surface area contributed by atoms with Gasteiger partial charge in [-0.2, -0.15) is 0 Å². The van der Waals surface area contributed by atoms with Crippen LogP contribution in [0.1, 0.15) is 15.9 Å². The zero-order valence-electron chi connectivity index (χ0n) is 9.01. The van der Waals surface area contributed by atoms with Gasteiger partial charge in [0.1, 0.15) is 5.82 Å². The Morgan fingerprint density at radius 1 is 0.944 bits per heavy atom. The van der Waals surface area contributed by atoms with E-state index < -0.39 is 10.7 Å². The Morgan fingerprint density at radius 2 is 1.56 bits per heavy atom. The molecule has 0 bridgehead atoms. The van der Waals surface area contributed by atoms with Crippen molar-refractivity contribution in [2.45, 2.75) is 0 Å². The number of non-ortho nitro benzene ring substituents is 1. The Balaban J connectivity index is 2.26. The van der Waals surface area contributed by atoms with Crippen molar-refractivity contribution < 1.29 is 14.1 Å². The van der Waals surface area contributed by atoms with Crippen LogP contribution in [0, 0.1) is 15.9 Å². The van der Waals surface area contributed by atoms with Gasteiger partial charge in [0.2, 0.25) is 0 Å². The van der Waals surface area contributed by atoms with Crippen molar-refractivity contribution in [1.82, 2.24) is 0 Å². The van der Waals surface area contributed by atoms with Crippen LogP contribution < -0.4 is 0 Å². The summed E-state index contributed by atoms with van der Waals surface area (Å²) in [6.07, 6.45) is 0. The van der Waals surface area contributed by atoms with E-state index >= 15 is 0 Å². The average molecular weight is 243 g/mol. The Morgan fingerprint density at radius 3 is 2.22 bits per heavy atom. The number of nitro benzene ring substituents is 1. The van der Waals surface area contributed by atoms with Crippen molar-refractivity contribution in [3.05, 3.63) is 63.5 Å². The third-order valence-electron chi connectivity index (χ3n) is 2.98. The highest BCUT2D eigenvalue weighted by Gasteiger charge is 2.28. The van der Waals surface area contributed by atoms with Crippen LogP contribution in [0.2, 0.25) is 0 Å². The van der Waals surface area contributed by atoms with Crippen LogP contribution >= 0.6 is 0 Å². The van der Waals surface area contributed by atoms with E-state index in [1.165, 1.54) is 30.3 Å². The number of hydrogen-bond acceptors (Lipinski definition) is 3. The zero-order valence-corrected chi connectivity index (χ0v) is 9.01. The summed E-state index contributed by atoms with van der Waals surface area (Å²) in [6, 6.07) is 8.03. The number of carbonyl (C=O) groups excluding carboxylic acids is 1. The topological polar surface area (TPSA) is 60.2 Å². The first kappa shape index (κ1) is 10.6. The number of carbonyl (C=O) groups is 1. The fourth-order valence-electron chi connectivity index (χ4n) is 2.15. The lowest BCUT2D eigenvalue weighted by Gasteiger charge is -1.98. The molecule has 0 aromatic heterocycles. The van der Waals surface area contributed by atoms with Gasteiger partial charge in [0.25, 0.3) is 5.69 Å². The van der Waals surface area contributed by atoms with E-state index in [2.05, 4.69) is 0 Å². The van der Waals surface area contributed by atoms with Crippen molar-refractivity contribution in [3.8, 4) is 11.1 Å². The Kier molecular flexibility index (Phi) is 2.04. The number of halogens is 1. The van der Waals surface area contributed by atoms with Gasteiger partial charge in [-0.25, -0.2) is 4.39 Å². The number of hydrogen-bond donors (Lipinski definition) is 0. The fraction of sp³-hybridized carbons (Fsp3) is 0. The molecular weight excluding hydrogens is 237 g/mol. The molecule has 0 saturated carbocycles. The maximum atomic E-state index is 13.1. The molecule has 0 unspecified atom stereocenters. The fourth-order valence-corrected chi connectivity index (χ4v) is 2.15. The average Bonchev–Trinajstić information content (AvgIpc) is 2.62. The standard InChI is InChI=1S/C13H6FNO3/c14-7-1-3-9-10-4-2-8(15(17)18)6-12(10)13(16)11(9)5-7/h1-6H. The molecule has 0 saturated heterocycles. The molecule has 0 atom stereocenters. The van der Waals surface area contributed by atoms with Gasteiger partial charge in [-0.3, -0.25) is 14.9 Å². The summed E-state index contributed by atoms with van der Waals surface area (Å²) in [5.41, 5.74) is 1.59. The number of benzene rings is 2. The maximum absolute atomic E-state index is 13.1. The molecule has 0 N–H and O–H groups in total. The highest BCUT2D eigenvalue weighted by molar-refractivity contribution is 6.21. The van der Waals surface area contributed by atoms with E-state index in [4.69, 9.17) is 0 Å². The molecule has 88 valence electrons. The van der Waals surface area contributed by atoms with Crippen LogP contribution in [0.25, 0.3) is 11.1 Å². The minimum Gasteiger partial charge on any atom is -0.289 e. The lowest BCUT2D eigenvalue weighted by Crippen LogP contribution is -1.97. The van der Waals surface area contributed by atoms with Crippen molar-refractivity contribution >= 4 is 11.5 Å². The van der Waals surface area contributed by atoms with Crippen molar-refractivity contribution in [3.63, 3.8) is 0 Å². The first-order valence-corrected chi connectivity index (χ1v) is 5.21. The quantitative estimate of drug-likeness (QED) is 0.487. The van der Waals surface area contributed by atoms with E-state index in [9.17, 15) is 19.3 Å². The number of ketones is 1. The molecule has 0 radical (unpaired) electrons. The molecule has 0 heterocycles. The van der Waals surface area contributed by atoms with Crippen LogP contribution in [0.15, 0.2) is 36.4 Å². The number of rotatable bonds is 1. The molecule has 0 amide bonds. The molecule has 2 aromatic rings. The van der Waals surface area contributed by atoms with Gasteiger partial charge in [0.05, 0.1) is 4.92 Å². The highest BCUT2D eigenvalue weighted by atomic mass is 19.1. The van der Waals surface area contributed by atoms with E-state index in [0.717, 1.165) is 6.07 Å². The molecule has 18 heavy (non-hydrogen) atoms. The number of nitrogens with zero attached hydrogens (tertiary/aromatic N) is 1. The van der Waals surface area contributed by atoms with Crippen molar-refractivity contribution in [2.24, 2.45) is 0 Å². The first-order chi connectivity index (χ1) is 8.58. The molecule has 5 heteroatoms. The van der Waals surface area contributed by atoms with Gasteiger partial charge >= 0.3 is 0 Å². The summed E-state index contributed by atoms with van der Waals surface area (Å²) < 4.78 is 13.1. The molecule has 3 rings (SSSR count). The normalized spacial score (nSPS) is 12.2. The van der Waals surface area contributed by atoms with Crippen molar-refractivity contribution in [1.29, 1.82) is 0 Å². The second-order valence-electron chi connectivity index (χ2n) is 4.01. The molecule has 4 nitrogen and oxygen atoms in total. The second kappa shape index (κ2) is 3.46. The SMILES string of the molecule is O=C1c2cc(F)ccc2-c2ccc([N+](=O)[O-])cc21. The summed E-state index contributed by atoms with van der Waals surface area (Å²) >= 11 is 0. The highest BCUT2D eigenvalue weighted by Crippen LogP contribution is 2.38. The Hall–Kier alpha value is -2.56. The lowest BCUT2D eigenvalue weighted by molar-refractivity contribution is -0.384. The summed E-state index contributed by atoms with van der Waals surface area (Å²) in [6.45, 7) is 0. The summed E-state index contributed by atoms with van der Waals surface area (Å²) in [5.74, 6) is -0.868. The molecule has 0 spiro atoms. The predicted octanol–water partition coefficient (Wildman–Crippen LogP) is 2.95. The van der Waals surface area contributed by atoms with Crippen molar-refractivity contribution in [2.75, 3.05) is 0 Å². The largest absolute Gasteiger partial charge is 0.289 e. The number of fused-ring (bicyclic) bond motifs is 3. The summed E-state index contributed by atoms with van der Waals surface area (Å²) in [5, 5.41) is 10.7. The Labute approximate surface area is 101 Å². The van der Waals surface area contributed by atoms with Crippen LogP contribution in [0.3, 0.4) is 0 Å². The monoisotopic (exact) mass is 243 g/mol. The predicted molar refractivity (Wildman–Crippen MR) is 61.9 cm³/mol. The van der Waals surface area contributed by atoms with E-state index in [1.807, 2.05) is 0 Å². The van der Waals surface area contributed by atoms with Crippen LogP contribution in [0.4, 0.5) is 10.1 Å². The van der Waals surface area contributed by atoms with Crippen LogP contribution in [-0.2, 0) is 0 Å². The molecule has 1 aliphatic carbocycles. The Bertz CT molecular complexity index is 709. The van der Waals surface area contributed by atoms with Gasteiger partial charge in [0, 0.05) is 23.3 Å². The van der Waals surface area contributed by atoms with Gasteiger partial charge in [0.15, 0.2) is 5.78 Å². The van der Waals surface area contributed by atoms with E-state index in [0.29, 0.717) is 11.1 Å². The number of nitro groups is 1. The minimum atomic E-state index is -0.558. The van der Waals surface area contributed by atoms with Gasteiger partial charge in [-0.15, -0.1) is 0 Å². The molecule has 2 aromatic carbocycles. The maximum Gasteiger partial charge on any atom is 0.270 e. The second-order valence-corrected chi connectivity index (χ2v) is 4.01. The smallest absolute Gasteiger partial charge is 0.270 e. The third-order valence-corrected chi connectivity index (χ3v) is 2.98. The molecule has 0 fully saturated rings. The third kappa shape index (κ3) is 1.34. The molecule has 0 aliphatic heterocycles. The van der Waals surface area contributed by atoms with Crippen LogP contribution in [0.5, 0.6) is 0 Å². The minimum absolute atomic E-state index is 0.143. The van der Waals surface area contributed by atoms with Gasteiger partial charge < -0.3 is 0 Å². The molecule has 1 aliphatic rings. The summed E-state index contributed by atoms with van der Waals surface area (Å²) in [4.78, 5) is 22.1. The van der Waals surface area contributed by atoms with Gasteiger partial charge in [-0.05, 0) is 29.3 Å². The van der Waals surface area contributed by atoms with E-state index in [-0.39, 0.29) is 22.6 Å². The summed E-state index contributed by atoms with van der Waals surface area (Å²) in [7, 11) is 0. The van der Waals surface area contributed by atoms with E-state index in [1.54, 1.807) is 0 Å². The molecular formula is C13H6FNO3. The van der Waals surface area contributed by atoms with Gasteiger partial charge in [-0.1, -0.05) is 6.07 Å². The first-order valence-electron chi connectivity index (χ1n) is 5.21.